The van der Waals surface area contributed by atoms with Crippen LogP contribution in [0.4, 0.5) is 5.13 Å². The largest absolute Gasteiger partial charge is 0.383 e. The average molecular weight is 298 g/mol. The van der Waals surface area contributed by atoms with Gasteiger partial charge in [0.15, 0.2) is 5.13 Å². The number of amides is 1. The molecular formula is C13H22N4O2S. The van der Waals surface area contributed by atoms with Gasteiger partial charge in [0.25, 0.3) is 0 Å². The lowest BCUT2D eigenvalue weighted by molar-refractivity contribution is -0.127. The molecule has 7 heteroatoms. The number of carbonyl (C=O) groups is 1. The van der Waals surface area contributed by atoms with Crippen molar-refractivity contribution in [2.75, 3.05) is 51.8 Å². The van der Waals surface area contributed by atoms with Crippen LogP contribution in [0, 0.1) is 0 Å². The van der Waals surface area contributed by atoms with E-state index in [1.54, 1.807) is 23.3 Å². The van der Waals surface area contributed by atoms with Crippen molar-refractivity contribution in [3.63, 3.8) is 0 Å². The van der Waals surface area contributed by atoms with Crippen molar-refractivity contribution in [3.8, 4) is 0 Å². The van der Waals surface area contributed by atoms with Gasteiger partial charge in [-0.15, -0.1) is 11.3 Å². The van der Waals surface area contributed by atoms with Gasteiger partial charge in [0, 0.05) is 51.4 Å². The van der Waals surface area contributed by atoms with Crippen LogP contribution in [-0.4, -0.2) is 62.7 Å². The smallest absolute Gasteiger partial charge is 0.241 e. The zero-order valence-corrected chi connectivity index (χ0v) is 12.9. The van der Waals surface area contributed by atoms with E-state index in [-0.39, 0.29) is 5.91 Å². The molecule has 2 rings (SSSR count). The van der Waals surface area contributed by atoms with Crippen molar-refractivity contribution >= 4 is 22.4 Å². The highest BCUT2D eigenvalue weighted by Gasteiger charge is 2.21. The van der Waals surface area contributed by atoms with Crippen LogP contribution in [-0.2, 0) is 16.1 Å². The molecule has 1 aromatic rings. The van der Waals surface area contributed by atoms with Crippen LogP contribution in [0.1, 0.15) is 11.3 Å². The fraction of sp³-hybridized carbons (Fsp3) is 0.692. The Kier molecular flexibility index (Phi) is 5.75. The van der Waals surface area contributed by atoms with Gasteiger partial charge in [0.1, 0.15) is 0 Å². The van der Waals surface area contributed by atoms with Crippen LogP contribution in [0.15, 0.2) is 6.20 Å². The third-order valence-electron chi connectivity index (χ3n) is 3.27. The van der Waals surface area contributed by atoms with Crippen LogP contribution in [0.2, 0.25) is 0 Å². The van der Waals surface area contributed by atoms with Crippen molar-refractivity contribution in [1.82, 2.24) is 15.2 Å². The number of hydrogen-bond donors (Lipinski definition) is 1. The van der Waals surface area contributed by atoms with E-state index < -0.39 is 0 Å². The molecule has 0 atom stereocenters. The molecular weight excluding hydrogens is 276 g/mol. The predicted molar refractivity (Wildman–Crippen MR) is 80.2 cm³/mol. The fourth-order valence-electron chi connectivity index (χ4n) is 2.06. The van der Waals surface area contributed by atoms with Crippen LogP contribution in [0.25, 0.3) is 0 Å². The Balaban J connectivity index is 1.89. The number of nitrogens with zero attached hydrogens (tertiary/aromatic N) is 3. The van der Waals surface area contributed by atoms with Crippen molar-refractivity contribution in [3.05, 3.63) is 11.1 Å². The number of rotatable bonds is 6. The number of nitrogens with one attached hydrogen (secondary N) is 1. The third kappa shape index (κ3) is 4.16. The summed E-state index contributed by atoms with van der Waals surface area (Å²) >= 11 is 1.65. The van der Waals surface area contributed by atoms with E-state index in [9.17, 15) is 4.79 Å². The first-order chi connectivity index (χ1) is 9.70. The quantitative estimate of drug-likeness (QED) is 0.777. The number of carbonyl (C=O) groups excluding carboxylic acids is 1. The SMILES string of the molecule is COCCNCc1cnc(N2CCCN(C)C(=O)C2)s1. The molecule has 1 N–H and O–H groups in total. The molecule has 1 amide bonds. The summed E-state index contributed by atoms with van der Waals surface area (Å²) in [5, 5.41) is 4.24. The number of likely N-dealkylation sites (N-methyl/N-ethyl adjacent to an activating group) is 1. The Morgan fingerprint density at radius 3 is 3.15 bits per heavy atom. The monoisotopic (exact) mass is 298 g/mol. The zero-order chi connectivity index (χ0) is 14.4. The summed E-state index contributed by atoms with van der Waals surface area (Å²) in [5.41, 5.74) is 0. The summed E-state index contributed by atoms with van der Waals surface area (Å²) in [6, 6.07) is 0. The molecule has 1 aromatic heterocycles. The van der Waals surface area contributed by atoms with Crippen LogP contribution in [0.5, 0.6) is 0 Å². The van der Waals surface area contributed by atoms with Crippen LogP contribution >= 0.6 is 11.3 Å². The van der Waals surface area contributed by atoms with Crippen molar-refractivity contribution in [2.24, 2.45) is 0 Å². The van der Waals surface area contributed by atoms with E-state index in [2.05, 4.69) is 15.2 Å². The molecule has 0 saturated carbocycles. The second-order valence-corrected chi connectivity index (χ2v) is 5.96. The average Bonchev–Trinajstić information content (AvgIpc) is 2.84. The number of thiazole rings is 1. The molecule has 6 nitrogen and oxygen atoms in total. The molecule has 2 heterocycles. The van der Waals surface area contributed by atoms with E-state index >= 15 is 0 Å². The summed E-state index contributed by atoms with van der Waals surface area (Å²) < 4.78 is 4.99. The Labute approximate surface area is 123 Å². The minimum Gasteiger partial charge on any atom is -0.383 e. The molecule has 1 aliphatic heterocycles. The summed E-state index contributed by atoms with van der Waals surface area (Å²) in [7, 11) is 3.55. The molecule has 0 aromatic carbocycles. The molecule has 1 saturated heterocycles. The first kappa shape index (κ1) is 15.2. The van der Waals surface area contributed by atoms with E-state index in [1.165, 1.54) is 4.88 Å². The standard InChI is InChI=1S/C13H22N4O2S/c1-16-5-3-6-17(10-12(16)18)13-15-9-11(20-13)8-14-4-7-19-2/h9,14H,3-8,10H2,1-2H3. The maximum Gasteiger partial charge on any atom is 0.241 e. The molecule has 0 radical (unpaired) electrons. The minimum absolute atomic E-state index is 0.164. The number of aromatic nitrogens is 1. The fourth-order valence-corrected chi connectivity index (χ4v) is 2.97. The normalized spacial score (nSPS) is 16.6. The second kappa shape index (κ2) is 7.56. The van der Waals surface area contributed by atoms with Crippen LogP contribution < -0.4 is 10.2 Å². The van der Waals surface area contributed by atoms with Gasteiger partial charge in [-0.05, 0) is 6.42 Å². The van der Waals surface area contributed by atoms with Gasteiger partial charge >= 0.3 is 0 Å². The van der Waals surface area contributed by atoms with Crippen molar-refractivity contribution in [1.29, 1.82) is 0 Å². The highest BCUT2D eigenvalue weighted by molar-refractivity contribution is 7.15. The Morgan fingerprint density at radius 1 is 1.50 bits per heavy atom. The van der Waals surface area contributed by atoms with E-state index in [0.717, 1.165) is 37.7 Å². The van der Waals surface area contributed by atoms with E-state index in [4.69, 9.17) is 4.74 Å². The highest BCUT2D eigenvalue weighted by atomic mass is 32.1. The van der Waals surface area contributed by atoms with Gasteiger partial charge < -0.3 is 19.9 Å². The van der Waals surface area contributed by atoms with Gasteiger partial charge in [0.2, 0.25) is 5.91 Å². The number of anilines is 1. The molecule has 0 aliphatic carbocycles. The lowest BCUT2D eigenvalue weighted by Gasteiger charge is -2.18. The molecule has 1 fully saturated rings. The first-order valence-corrected chi connectivity index (χ1v) is 7.65. The molecule has 0 bridgehead atoms. The molecule has 112 valence electrons. The summed E-state index contributed by atoms with van der Waals surface area (Å²) in [5.74, 6) is 0.164. The summed E-state index contributed by atoms with van der Waals surface area (Å²) in [6.45, 7) is 4.48. The second-order valence-electron chi connectivity index (χ2n) is 4.87. The summed E-state index contributed by atoms with van der Waals surface area (Å²) in [4.78, 5) is 21.4. The maximum atomic E-state index is 11.9. The predicted octanol–water partition coefficient (Wildman–Crippen LogP) is 0.548. The van der Waals surface area contributed by atoms with Gasteiger partial charge in [-0.2, -0.15) is 0 Å². The number of methoxy groups -OCH3 is 1. The summed E-state index contributed by atoms with van der Waals surface area (Å²) in [6.07, 6.45) is 2.88. The van der Waals surface area contributed by atoms with Gasteiger partial charge in [-0.25, -0.2) is 4.98 Å². The topological polar surface area (TPSA) is 57.7 Å². The Morgan fingerprint density at radius 2 is 2.35 bits per heavy atom. The number of hydrogen-bond acceptors (Lipinski definition) is 6. The Hall–Kier alpha value is -1.18. The lowest BCUT2D eigenvalue weighted by Crippen LogP contribution is -2.34. The minimum atomic E-state index is 0.164. The molecule has 0 spiro atoms. The van der Waals surface area contributed by atoms with Gasteiger partial charge in [-0.3, -0.25) is 4.79 Å². The highest BCUT2D eigenvalue weighted by Crippen LogP contribution is 2.23. The van der Waals surface area contributed by atoms with Crippen molar-refractivity contribution in [2.45, 2.75) is 13.0 Å². The molecule has 1 aliphatic rings. The van der Waals surface area contributed by atoms with Gasteiger partial charge in [-0.1, -0.05) is 0 Å². The Bertz CT molecular complexity index is 438. The maximum absolute atomic E-state index is 11.9. The van der Waals surface area contributed by atoms with Gasteiger partial charge in [0.05, 0.1) is 13.2 Å². The van der Waals surface area contributed by atoms with Crippen LogP contribution in [0.3, 0.4) is 0 Å². The lowest BCUT2D eigenvalue weighted by atomic mass is 10.4. The van der Waals surface area contributed by atoms with E-state index in [1.807, 2.05) is 13.2 Å². The number of ether oxygens (including phenoxy) is 1. The molecule has 0 unspecified atom stereocenters. The molecule has 20 heavy (non-hydrogen) atoms. The third-order valence-corrected chi connectivity index (χ3v) is 4.33. The zero-order valence-electron chi connectivity index (χ0n) is 12.1. The van der Waals surface area contributed by atoms with E-state index in [0.29, 0.717) is 13.2 Å². The van der Waals surface area contributed by atoms with Crippen molar-refractivity contribution < 1.29 is 9.53 Å². The first-order valence-electron chi connectivity index (χ1n) is 6.84.